The number of nitrogens with zero attached hydrogens (tertiary/aromatic N) is 2. The van der Waals surface area contributed by atoms with Crippen molar-refractivity contribution in [1.82, 2.24) is 9.80 Å². The summed E-state index contributed by atoms with van der Waals surface area (Å²) in [6.07, 6.45) is 1.92. The van der Waals surface area contributed by atoms with E-state index < -0.39 is 47.8 Å². The van der Waals surface area contributed by atoms with Crippen LogP contribution < -0.4 is 0 Å². The van der Waals surface area contributed by atoms with Crippen LogP contribution in [0, 0.1) is 35.5 Å². The van der Waals surface area contributed by atoms with E-state index in [0.717, 1.165) is 25.7 Å². The van der Waals surface area contributed by atoms with Gasteiger partial charge in [0.15, 0.2) is 12.6 Å². The molecule has 2 rings (SSSR count). The van der Waals surface area contributed by atoms with Crippen molar-refractivity contribution in [3.63, 3.8) is 0 Å². The van der Waals surface area contributed by atoms with Crippen molar-refractivity contribution in [3.8, 4) is 0 Å². The fourth-order valence-corrected chi connectivity index (χ4v) is 9.21. The van der Waals surface area contributed by atoms with Crippen LogP contribution in [0.3, 0.4) is 0 Å². The molecule has 16 atom stereocenters. The van der Waals surface area contributed by atoms with Gasteiger partial charge >= 0.3 is 0 Å². The molecule has 2 fully saturated rings. The molecule has 0 saturated carbocycles. The number of carbonyl (C=O) groups is 4. The number of rotatable bonds is 24. The van der Waals surface area contributed by atoms with Crippen LogP contribution in [0.15, 0.2) is 0 Å². The van der Waals surface area contributed by atoms with Crippen LogP contribution >= 0.6 is 0 Å². The minimum atomic E-state index is -0.828. The largest absolute Gasteiger partial charge is 0.396 e. The van der Waals surface area contributed by atoms with Crippen molar-refractivity contribution in [2.24, 2.45) is 35.5 Å². The highest BCUT2D eigenvalue weighted by Crippen LogP contribution is 2.39. The smallest absolute Gasteiger partial charge is 0.162 e. The van der Waals surface area contributed by atoms with Crippen molar-refractivity contribution < 1.29 is 52.7 Å². The van der Waals surface area contributed by atoms with Gasteiger partial charge in [-0.25, -0.2) is 0 Å². The average Bonchev–Trinajstić information content (AvgIpc) is 3.16. The third-order valence-corrected chi connectivity index (χ3v) is 13.3. The van der Waals surface area contributed by atoms with E-state index in [-0.39, 0.29) is 78.6 Å². The summed E-state index contributed by atoms with van der Waals surface area (Å²) >= 11 is 0. The molecule has 2 aliphatic heterocycles. The number of Topliss-reactive ketones (excluding diaryl/α,β-unsaturated/α-hetero) is 4. The molecular weight excluding hydrogens is 769 g/mol. The van der Waals surface area contributed by atoms with Gasteiger partial charge in [-0.3, -0.25) is 19.2 Å². The number of ketones is 4. The first kappa shape index (κ1) is 56.3. The molecule has 352 valence electrons. The predicted octanol–water partition coefficient (Wildman–Crippen LogP) is 6.78. The second kappa shape index (κ2) is 25.6. The van der Waals surface area contributed by atoms with Gasteiger partial charge in [0.1, 0.15) is 23.1 Å². The van der Waals surface area contributed by atoms with Crippen LogP contribution in [-0.2, 0) is 47.6 Å². The van der Waals surface area contributed by atoms with Crippen LogP contribution in [0.1, 0.15) is 135 Å². The molecule has 2 aliphatic rings. The van der Waals surface area contributed by atoms with E-state index in [9.17, 15) is 24.3 Å². The molecule has 0 aromatic rings. The molecule has 0 radical (unpaired) electrons. The Kier molecular flexibility index (Phi) is 24.0. The number of hydrogen-bond acceptors (Lipinski definition) is 13. The van der Waals surface area contributed by atoms with Crippen molar-refractivity contribution >= 4 is 23.1 Å². The molecule has 0 spiro atoms. The van der Waals surface area contributed by atoms with Gasteiger partial charge in [0.25, 0.3) is 0 Å². The van der Waals surface area contributed by atoms with Gasteiger partial charge in [0.05, 0.1) is 48.5 Å². The third kappa shape index (κ3) is 16.5. The Morgan fingerprint density at radius 2 is 1.00 bits per heavy atom. The predicted molar refractivity (Wildman–Crippen MR) is 236 cm³/mol. The van der Waals surface area contributed by atoms with E-state index in [1.165, 1.54) is 13.8 Å². The Morgan fingerprint density at radius 3 is 1.27 bits per heavy atom. The number of carbonyl (C=O) groups excluding carboxylic acids is 4. The Hall–Kier alpha value is -1.68. The SMILES string of the molecule is CC[C@H](C)C[C@@](C)(OC)[C@H](O[C@@H]1OC(C)CC(N(C)C)C1C)[C@@H](C)C(=O)CC(C)=O.CO[C@](C)(C[C@@H](C)CO)[C@H](O[C@@H]1OC(C)CC(N(C)C)C1C)[C@@H](C)C(=O)CC(C)=O. The fourth-order valence-electron chi connectivity index (χ4n) is 9.21. The van der Waals surface area contributed by atoms with Crippen LogP contribution in [0.25, 0.3) is 0 Å². The number of aliphatic hydroxyl groups is 1. The number of aliphatic hydroxyl groups excluding tert-OH is 1. The van der Waals surface area contributed by atoms with Gasteiger partial charge in [0, 0.05) is 56.6 Å². The Labute approximate surface area is 364 Å². The molecule has 0 amide bonds. The lowest BCUT2D eigenvalue weighted by molar-refractivity contribution is -0.281. The Balaban J connectivity index is 0.000000600. The zero-order chi connectivity index (χ0) is 46.4. The standard InChI is InChI=1S/C24H45NO5.C23H43NO6/c1-11-15(2)14-24(7,28-10)22(19(6)21(27)12-16(3)26)30-23-18(5)20(25(8)9)13-17(4)29-23;1-14(13-25)12-23(6,28-9)21(18(5)20(27)10-15(2)26)30-22-17(4)19(24(7)8)11-16(3)29-22/h15,17-20,22-23H,11-14H2,1-10H3;14,16-19,21-22,25H,10-13H2,1-9H3/t15-,17?,18?,19-,20?,22+,23-,24+;14-,16?,17?,18+,19?,21-,22+,23-/m01/s1. The van der Waals surface area contributed by atoms with Gasteiger partial charge in [-0.1, -0.05) is 54.9 Å². The van der Waals surface area contributed by atoms with Crippen LogP contribution in [0.4, 0.5) is 0 Å². The first-order valence-electron chi connectivity index (χ1n) is 22.4. The zero-order valence-corrected chi connectivity index (χ0v) is 41.2. The van der Waals surface area contributed by atoms with Gasteiger partial charge < -0.3 is 43.3 Å². The molecule has 13 heteroatoms. The molecule has 0 aromatic heterocycles. The summed E-state index contributed by atoms with van der Waals surface area (Å²) in [4.78, 5) is 53.3. The van der Waals surface area contributed by atoms with Crippen molar-refractivity contribution in [3.05, 3.63) is 0 Å². The lowest BCUT2D eigenvalue weighted by Crippen LogP contribution is -2.56. The van der Waals surface area contributed by atoms with Gasteiger partial charge in [0.2, 0.25) is 0 Å². The molecular formula is C47H88N2O11. The Bertz CT molecular complexity index is 1230. The maximum absolute atomic E-state index is 12.9. The topological polar surface area (TPSA) is 150 Å². The minimum absolute atomic E-state index is 0.0114. The highest BCUT2D eigenvalue weighted by atomic mass is 16.7. The van der Waals surface area contributed by atoms with Crippen LogP contribution in [0.5, 0.6) is 0 Å². The van der Waals surface area contributed by atoms with E-state index in [0.29, 0.717) is 18.4 Å². The van der Waals surface area contributed by atoms with Crippen molar-refractivity contribution in [1.29, 1.82) is 0 Å². The summed E-state index contributed by atoms with van der Waals surface area (Å²) in [6.45, 7) is 25.0. The molecule has 0 bridgehead atoms. The second-order valence-electron chi connectivity index (χ2n) is 19.5. The molecule has 13 nitrogen and oxygen atoms in total. The number of ether oxygens (including phenoxy) is 6. The molecule has 2 saturated heterocycles. The quantitative estimate of drug-likeness (QED) is 0.102. The third-order valence-electron chi connectivity index (χ3n) is 13.3. The Morgan fingerprint density at radius 1 is 0.667 bits per heavy atom. The highest BCUT2D eigenvalue weighted by molar-refractivity contribution is 5.99. The molecule has 0 aromatic carbocycles. The van der Waals surface area contributed by atoms with Gasteiger partial charge in [-0.2, -0.15) is 0 Å². The zero-order valence-electron chi connectivity index (χ0n) is 41.2. The van der Waals surface area contributed by atoms with E-state index in [1.54, 1.807) is 21.1 Å². The van der Waals surface area contributed by atoms with E-state index in [1.807, 2.05) is 34.6 Å². The molecule has 2 heterocycles. The molecule has 1 N–H and O–H groups in total. The summed E-state index contributed by atoms with van der Waals surface area (Å²) in [5.74, 6) is -1.02. The maximum atomic E-state index is 12.9. The molecule has 0 aliphatic carbocycles. The summed E-state index contributed by atoms with van der Waals surface area (Å²) in [7, 11) is 11.5. The normalized spacial score (nSPS) is 29.8. The van der Waals surface area contributed by atoms with Crippen LogP contribution in [-0.4, -0.2) is 147 Å². The summed E-state index contributed by atoms with van der Waals surface area (Å²) in [5.41, 5.74) is -1.50. The van der Waals surface area contributed by atoms with Crippen molar-refractivity contribution in [2.45, 2.75) is 195 Å². The van der Waals surface area contributed by atoms with Gasteiger partial charge in [-0.05, 0) is 107 Å². The van der Waals surface area contributed by atoms with Crippen molar-refractivity contribution in [2.75, 3.05) is 49.0 Å². The summed E-state index contributed by atoms with van der Waals surface area (Å²) in [6, 6.07) is 0.610. The molecule has 60 heavy (non-hydrogen) atoms. The highest BCUT2D eigenvalue weighted by Gasteiger charge is 2.48. The average molecular weight is 857 g/mol. The lowest BCUT2D eigenvalue weighted by atomic mass is 9.79. The van der Waals surface area contributed by atoms with Crippen LogP contribution in [0.2, 0.25) is 0 Å². The first-order chi connectivity index (χ1) is 27.7. The number of hydrogen-bond donors (Lipinski definition) is 1. The summed E-state index contributed by atoms with van der Waals surface area (Å²) < 4.78 is 37.4. The fraction of sp³-hybridized carbons (Fsp3) is 0.915. The second-order valence-corrected chi connectivity index (χ2v) is 19.5. The minimum Gasteiger partial charge on any atom is -0.396 e. The first-order valence-corrected chi connectivity index (χ1v) is 22.4. The van der Waals surface area contributed by atoms with E-state index >= 15 is 0 Å². The summed E-state index contributed by atoms with van der Waals surface area (Å²) in [5, 5.41) is 9.60. The lowest BCUT2D eigenvalue weighted by Gasteiger charge is -2.47. The monoisotopic (exact) mass is 857 g/mol. The van der Waals surface area contributed by atoms with Gasteiger partial charge in [-0.15, -0.1) is 0 Å². The van der Waals surface area contributed by atoms with E-state index in [4.69, 9.17) is 28.4 Å². The molecule has 6 unspecified atom stereocenters. The van der Waals surface area contributed by atoms with E-state index in [2.05, 4.69) is 72.6 Å². The number of methoxy groups -OCH3 is 2. The maximum Gasteiger partial charge on any atom is 0.162 e.